The fourth-order valence-corrected chi connectivity index (χ4v) is 2.52. The molecule has 2 atom stereocenters. The Morgan fingerprint density at radius 3 is 3.12 bits per heavy atom. The molecule has 17 heavy (non-hydrogen) atoms. The first kappa shape index (κ1) is 12.6. The molecule has 1 fully saturated rings. The minimum Gasteiger partial charge on any atom is -0.472 e. The quantitative estimate of drug-likeness (QED) is 0.840. The third-order valence-corrected chi connectivity index (χ3v) is 3.42. The van der Waals surface area contributed by atoms with Gasteiger partial charge in [-0.05, 0) is 26.6 Å². The van der Waals surface area contributed by atoms with Gasteiger partial charge in [-0.25, -0.2) is 0 Å². The average molecular weight is 238 g/mol. The van der Waals surface area contributed by atoms with Crippen molar-refractivity contribution >= 4 is 0 Å². The molecule has 0 spiro atoms. The lowest BCUT2D eigenvalue weighted by molar-refractivity contribution is 0.0208. The van der Waals surface area contributed by atoms with Gasteiger partial charge in [-0.2, -0.15) is 0 Å². The van der Waals surface area contributed by atoms with Gasteiger partial charge in [-0.3, -0.25) is 0 Å². The molecule has 96 valence electrons. The van der Waals surface area contributed by atoms with Crippen LogP contribution in [-0.2, 0) is 11.3 Å². The monoisotopic (exact) mass is 238 g/mol. The van der Waals surface area contributed by atoms with Gasteiger partial charge in [0.1, 0.15) is 0 Å². The van der Waals surface area contributed by atoms with Gasteiger partial charge in [-0.1, -0.05) is 0 Å². The fourth-order valence-electron chi connectivity index (χ4n) is 2.52. The summed E-state index contributed by atoms with van der Waals surface area (Å²) in [7, 11) is 4.19. The predicted molar refractivity (Wildman–Crippen MR) is 66.8 cm³/mol. The molecule has 1 saturated heterocycles. The highest BCUT2D eigenvalue weighted by Crippen LogP contribution is 2.16. The Bertz CT molecular complexity index is 313. The first-order valence-corrected chi connectivity index (χ1v) is 6.24. The Morgan fingerprint density at radius 1 is 1.53 bits per heavy atom. The van der Waals surface area contributed by atoms with E-state index in [9.17, 15) is 0 Å². The lowest BCUT2D eigenvalue weighted by Crippen LogP contribution is -2.45. The Kier molecular flexibility index (Phi) is 4.59. The highest BCUT2D eigenvalue weighted by atomic mass is 16.5. The molecule has 1 aliphatic heterocycles. The summed E-state index contributed by atoms with van der Waals surface area (Å²) in [5, 5.41) is 3.39. The van der Waals surface area contributed by atoms with E-state index in [1.165, 1.54) is 5.56 Å². The van der Waals surface area contributed by atoms with Crippen LogP contribution in [-0.4, -0.2) is 44.8 Å². The SMILES string of the molecule is CNC1CCOCC1CN(C)Cc1ccoc1. The number of hydrogen-bond acceptors (Lipinski definition) is 4. The van der Waals surface area contributed by atoms with Crippen LogP contribution in [0, 0.1) is 5.92 Å². The lowest BCUT2D eigenvalue weighted by atomic mass is 9.95. The van der Waals surface area contributed by atoms with Crippen molar-refractivity contribution in [1.82, 2.24) is 10.2 Å². The molecule has 4 nitrogen and oxygen atoms in total. The second-order valence-electron chi connectivity index (χ2n) is 4.85. The Labute approximate surface area is 103 Å². The minimum absolute atomic E-state index is 0.575. The van der Waals surface area contributed by atoms with Crippen molar-refractivity contribution in [3.63, 3.8) is 0 Å². The summed E-state index contributed by atoms with van der Waals surface area (Å²) >= 11 is 0. The molecule has 1 aromatic rings. The summed E-state index contributed by atoms with van der Waals surface area (Å²) in [6.45, 7) is 3.73. The van der Waals surface area contributed by atoms with E-state index in [1.807, 2.05) is 19.4 Å². The average Bonchev–Trinajstić information content (AvgIpc) is 2.82. The van der Waals surface area contributed by atoms with Gasteiger partial charge in [0, 0.05) is 37.2 Å². The molecule has 4 heteroatoms. The van der Waals surface area contributed by atoms with Crippen molar-refractivity contribution in [3.8, 4) is 0 Å². The van der Waals surface area contributed by atoms with Crippen molar-refractivity contribution in [3.05, 3.63) is 24.2 Å². The Hall–Kier alpha value is -0.840. The number of hydrogen-bond donors (Lipinski definition) is 1. The summed E-state index contributed by atoms with van der Waals surface area (Å²) in [5.74, 6) is 0.575. The van der Waals surface area contributed by atoms with Crippen LogP contribution in [0.3, 0.4) is 0 Å². The van der Waals surface area contributed by atoms with Crippen LogP contribution in [0.25, 0.3) is 0 Å². The molecule has 1 aromatic heterocycles. The van der Waals surface area contributed by atoms with E-state index >= 15 is 0 Å². The van der Waals surface area contributed by atoms with Gasteiger partial charge < -0.3 is 19.4 Å². The number of nitrogens with zero attached hydrogens (tertiary/aromatic N) is 1. The Morgan fingerprint density at radius 2 is 2.41 bits per heavy atom. The smallest absolute Gasteiger partial charge is 0.0947 e. The third-order valence-electron chi connectivity index (χ3n) is 3.42. The van der Waals surface area contributed by atoms with E-state index in [0.29, 0.717) is 12.0 Å². The van der Waals surface area contributed by atoms with E-state index in [-0.39, 0.29) is 0 Å². The largest absolute Gasteiger partial charge is 0.472 e. The van der Waals surface area contributed by atoms with Gasteiger partial charge >= 0.3 is 0 Å². The fraction of sp³-hybridized carbons (Fsp3) is 0.692. The Balaban J connectivity index is 1.82. The zero-order chi connectivity index (χ0) is 12.1. The van der Waals surface area contributed by atoms with Crippen molar-refractivity contribution in [2.24, 2.45) is 5.92 Å². The van der Waals surface area contributed by atoms with Crippen LogP contribution < -0.4 is 5.32 Å². The van der Waals surface area contributed by atoms with Gasteiger partial charge in [0.05, 0.1) is 19.1 Å². The van der Waals surface area contributed by atoms with Crippen molar-refractivity contribution in [1.29, 1.82) is 0 Å². The minimum atomic E-state index is 0.575. The van der Waals surface area contributed by atoms with Crippen LogP contribution in [0.2, 0.25) is 0 Å². The summed E-state index contributed by atoms with van der Waals surface area (Å²) in [5.41, 5.74) is 1.23. The molecule has 2 rings (SSSR count). The summed E-state index contributed by atoms with van der Waals surface area (Å²) in [6.07, 6.45) is 4.65. The molecule has 0 saturated carbocycles. The first-order valence-electron chi connectivity index (χ1n) is 6.24. The lowest BCUT2D eigenvalue weighted by Gasteiger charge is -2.34. The molecule has 1 N–H and O–H groups in total. The number of nitrogens with one attached hydrogen (secondary N) is 1. The summed E-state index contributed by atoms with van der Waals surface area (Å²) < 4.78 is 10.6. The van der Waals surface area contributed by atoms with Crippen LogP contribution in [0.15, 0.2) is 23.0 Å². The molecule has 0 bridgehead atoms. The molecular weight excluding hydrogens is 216 g/mol. The van der Waals surface area contributed by atoms with Crippen molar-refractivity contribution < 1.29 is 9.15 Å². The predicted octanol–water partition coefficient (Wildman–Crippen LogP) is 1.34. The maximum Gasteiger partial charge on any atom is 0.0947 e. The zero-order valence-corrected chi connectivity index (χ0v) is 10.7. The molecule has 2 heterocycles. The maximum absolute atomic E-state index is 5.57. The van der Waals surface area contributed by atoms with Crippen LogP contribution in [0.4, 0.5) is 0 Å². The van der Waals surface area contributed by atoms with E-state index in [0.717, 1.165) is 32.7 Å². The van der Waals surface area contributed by atoms with Crippen LogP contribution in [0.5, 0.6) is 0 Å². The molecule has 0 radical (unpaired) electrons. The number of rotatable bonds is 5. The summed E-state index contributed by atoms with van der Waals surface area (Å²) in [4.78, 5) is 2.33. The number of furan rings is 1. The number of ether oxygens (including phenoxy) is 1. The van der Waals surface area contributed by atoms with Gasteiger partial charge in [-0.15, -0.1) is 0 Å². The van der Waals surface area contributed by atoms with E-state index < -0.39 is 0 Å². The molecule has 0 aliphatic carbocycles. The van der Waals surface area contributed by atoms with E-state index in [2.05, 4.69) is 17.3 Å². The van der Waals surface area contributed by atoms with E-state index in [4.69, 9.17) is 9.15 Å². The van der Waals surface area contributed by atoms with Crippen molar-refractivity contribution in [2.75, 3.05) is 33.9 Å². The van der Waals surface area contributed by atoms with Crippen LogP contribution in [0.1, 0.15) is 12.0 Å². The zero-order valence-electron chi connectivity index (χ0n) is 10.7. The van der Waals surface area contributed by atoms with Crippen molar-refractivity contribution in [2.45, 2.75) is 19.0 Å². The molecule has 2 unspecified atom stereocenters. The topological polar surface area (TPSA) is 37.6 Å². The third kappa shape index (κ3) is 3.56. The normalized spacial score (nSPS) is 25.4. The van der Waals surface area contributed by atoms with Gasteiger partial charge in [0.2, 0.25) is 0 Å². The summed E-state index contributed by atoms with van der Waals surface area (Å²) in [6, 6.07) is 2.60. The highest BCUT2D eigenvalue weighted by Gasteiger charge is 2.25. The molecule has 0 aromatic carbocycles. The first-order chi connectivity index (χ1) is 8.29. The highest BCUT2D eigenvalue weighted by molar-refractivity contribution is 5.04. The second kappa shape index (κ2) is 6.19. The van der Waals surface area contributed by atoms with Gasteiger partial charge in [0.15, 0.2) is 0 Å². The standard InChI is InChI=1S/C13H22N2O2/c1-14-13-4-6-17-10-12(13)8-15(2)7-11-3-5-16-9-11/h3,5,9,12-14H,4,6-8,10H2,1-2H3. The molecular formula is C13H22N2O2. The maximum atomic E-state index is 5.57. The van der Waals surface area contributed by atoms with Gasteiger partial charge in [0.25, 0.3) is 0 Å². The van der Waals surface area contributed by atoms with Crippen LogP contribution >= 0.6 is 0 Å². The van der Waals surface area contributed by atoms with E-state index in [1.54, 1.807) is 6.26 Å². The molecule has 0 amide bonds. The second-order valence-corrected chi connectivity index (χ2v) is 4.85. The molecule has 1 aliphatic rings.